The number of carbonyl (C=O) groups is 1. The SMILES string of the molecule is CC[C@@H](N)c1ccc(OCCC(=O)NC(C)C)cc1. The van der Waals surface area contributed by atoms with Gasteiger partial charge in [-0.1, -0.05) is 19.1 Å². The molecule has 0 unspecified atom stereocenters. The first-order valence-corrected chi connectivity index (χ1v) is 6.80. The molecule has 0 aliphatic carbocycles. The van der Waals surface area contributed by atoms with Crippen LogP contribution in [0.25, 0.3) is 0 Å². The molecular weight excluding hydrogens is 240 g/mol. The average Bonchev–Trinajstić information content (AvgIpc) is 2.37. The maximum absolute atomic E-state index is 11.4. The maximum atomic E-state index is 11.4. The van der Waals surface area contributed by atoms with Crippen LogP contribution >= 0.6 is 0 Å². The first kappa shape index (κ1) is 15.5. The smallest absolute Gasteiger partial charge is 0.223 e. The van der Waals surface area contributed by atoms with Crippen LogP contribution in [0.2, 0.25) is 0 Å². The first-order valence-electron chi connectivity index (χ1n) is 6.80. The second-order valence-electron chi connectivity index (χ2n) is 4.90. The molecule has 4 heteroatoms. The molecule has 1 amide bonds. The number of carbonyl (C=O) groups excluding carboxylic acids is 1. The van der Waals surface area contributed by atoms with E-state index in [1.165, 1.54) is 0 Å². The summed E-state index contributed by atoms with van der Waals surface area (Å²) >= 11 is 0. The number of rotatable bonds is 7. The molecule has 1 rings (SSSR count). The average molecular weight is 264 g/mol. The van der Waals surface area contributed by atoms with Crippen LogP contribution in [0.4, 0.5) is 0 Å². The molecule has 0 bridgehead atoms. The molecule has 0 saturated heterocycles. The minimum atomic E-state index is 0.0135. The van der Waals surface area contributed by atoms with E-state index < -0.39 is 0 Å². The predicted octanol–water partition coefficient (Wildman–Crippen LogP) is 2.39. The summed E-state index contributed by atoms with van der Waals surface area (Å²) in [6.07, 6.45) is 1.28. The van der Waals surface area contributed by atoms with Crippen LogP contribution < -0.4 is 15.8 Å². The van der Waals surface area contributed by atoms with E-state index in [1.807, 2.05) is 38.1 Å². The highest BCUT2D eigenvalue weighted by molar-refractivity contribution is 5.76. The minimum absolute atomic E-state index is 0.0135. The number of benzene rings is 1. The molecule has 1 aromatic rings. The number of nitrogens with two attached hydrogens (primary N) is 1. The summed E-state index contributed by atoms with van der Waals surface area (Å²) in [6.45, 7) is 6.32. The summed E-state index contributed by atoms with van der Waals surface area (Å²) in [4.78, 5) is 11.4. The van der Waals surface area contributed by atoms with Gasteiger partial charge in [-0.2, -0.15) is 0 Å². The Balaban J connectivity index is 2.36. The highest BCUT2D eigenvalue weighted by Crippen LogP contribution is 2.18. The van der Waals surface area contributed by atoms with Crippen LogP contribution in [-0.2, 0) is 4.79 Å². The molecule has 0 saturated carbocycles. The van der Waals surface area contributed by atoms with E-state index in [2.05, 4.69) is 12.2 Å². The quantitative estimate of drug-likeness (QED) is 0.794. The molecule has 0 spiro atoms. The first-order chi connectivity index (χ1) is 9.02. The standard InChI is InChI=1S/C15H24N2O2/c1-4-14(16)12-5-7-13(8-6-12)19-10-9-15(18)17-11(2)3/h5-8,11,14H,4,9-10,16H2,1-3H3,(H,17,18)/t14-/m1/s1. The summed E-state index contributed by atoms with van der Waals surface area (Å²) in [7, 11) is 0. The lowest BCUT2D eigenvalue weighted by Crippen LogP contribution is -2.31. The highest BCUT2D eigenvalue weighted by Gasteiger charge is 2.05. The summed E-state index contributed by atoms with van der Waals surface area (Å²) < 4.78 is 5.52. The van der Waals surface area contributed by atoms with Crippen molar-refractivity contribution >= 4 is 5.91 Å². The number of amides is 1. The van der Waals surface area contributed by atoms with E-state index in [1.54, 1.807) is 0 Å². The van der Waals surface area contributed by atoms with Gasteiger partial charge in [0.1, 0.15) is 5.75 Å². The molecule has 0 radical (unpaired) electrons. The van der Waals surface area contributed by atoms with Crippen molar-refractivity contribution in [3.63, 3.8) is 0 Å². The lowest BCUT2D eigenvalue weighted by Gasteiger charge is -2.11. The topological polar surface area (TPSA) is 64.3 Å². The van der Waals surface area contributed by atoms with E-state index in [9.17, 15) is 4.79 Å². The van der Waals surface area contributed by atoms with E-state index in [0.29, 0.717) is 13.0 Å². The van der Waals surface area contributed by atoms with Gasteiger partial charge in [0.15, 0.2) is 0 Å². The number of nitrogens with one attached hydrogen (secondary N) is 1. The fourth-order valence-corrected chi connectivity index (χ4v) is 1.70. The summed E-state index contributed by atoms with van der Waals surface area (Å²) in [5.74, 6) is 0.782. The van der Waals surface area contributed by atoms with Gasteiger partial charge in [0.25, 0.3) is 0 Å². The molecule has 0 aromatic heterocycles. The Morgan fingerprint density at radius 2 is 1.95 bits per heavy atom. The monoisotopic (exact) mass is 264 g/mol. The van der Waals surface area contributed by atoms with E-state index in [-0.39, 0.29) is 18.0 Å². The van der Waals surface area contributed by atoms with Gasteiger partial charge in [-0.3, -0.25) is 4.79 Å². The predicted molar refractivity (Wildman–Crippen MR) is 77.1 cm³/mol. The Morgan fingerprint density at radius 1 is 1.32 bits per heavy atom. The van der Waals surface area contributed by atoms with Gasteiger partial charge in [0.05, 0.1) is 13.0 Å². The zero-order valence-electron chi connectivity index (χ0n) is 12.0. The zero-order chi connectivity index (χ0) is 14.3. The van der Waals surface area contributed by atoms with Crippen molar-refractivity contribution in [2.75, 3.05) is 6.61 Å². The lowest BCUT2D eigenvalue weighted by atomic mass is 10.1. The van der Waals surface area contributed by atoms with Gasteiger partial charge < -0.3 is 15.8 Å². The van der Waals surface area contributed by atoms with Gasteiger partial charge in [0.2, 0.25) is 5.91 Å². The van der Waals surface area contributed by atoms with Gasteiger partial charge >= 0.3 is 0 Å². The minimum Gasteiger partial charge on any atom is -0.493 e. The molecule has 0 fully saturated rings. The Labute approximate surface area is 115 Å². The molecule has 106 valence electrons. The van der Waals surface area contributed by atoms with Crippen LogP contribution in [0.5, 0.6) is 5.75 Å². The Morgan fingerprint density at radius 3 is 2.47 bits per heavy atom. The molecule has 0 heterocycles. The van der Waals surface area contributed by atoms with Crippen molar-refractivity contribution < 1.29 is 9.53 Å². The van der Waals surface area contributed by atoms with Gasteiger partial charge in [-0.25, -0.2) is 0 Å². The Bertz CT molecular complexity index is 388. The molecule has 0 aliphatic rings. The molecule has 1 atom stereocenters. The summed E-state index contributed by atoms with van der Waals surface area (Å²) in [5.41, 5.74) is 7.04. The highest BCUT2D eigenvalue weighted by atomic mass is 16.5. The van der Waals surface area contributed by atoms with E-state index in [4.69, 9.17) is 10.5 Å². The number of hydrogen-bond donors (Lipinski definition) is 2. The van der Waals surface area contributed by atoms with Crippen molar-refractivity contribution in [2.24, 2.45) is 5.73 Å². The van der Waals surface area contributed by atoms with Crippen molar-refractivity contribution in [3.05, 3.63) is 29.8 Å². The molecular formula is C15H24N2O2. The molecule has 3 N–H and O–H groups in total. The third kappa shape index (κ3) is 5.75. The van der Waals surface area contributed by atoms with Crippen LogP contribution in [0.15, 0.2) is 24.3 Å². The third-order valence-corrected chi connectivity index (χ3v) is 2.80. The van der Waals surface area contributed by atoms with Crippen molar-refractivity contribution in [2.45, 2.75) is 45.7 Å². The van der Waals surface area contributed by atoms with Crippen molar-refractivity contribution in [1.82, 2.24) is 5.32 Å². The van der Waals surface area contributed by atoms with Crippen LogP contribution in [-0.4, -0.2) is 18.6 Å². The normalized spacial score (nSPS) is 12.3. The molecule has 0 aliphatic heterocycles. The molecule has 19 heavy (non-hydrogen) atoms. The largest absolute Gasteiger partial charge is 0.493 e. The van der Waals surface area contributed by atoms with Gasteiger partial charge in [-0.15, -0.1) is 0 Å². The maximum Gasteiger partial charge on any atom is 0.223 e. The van der Waals surface area contributed by atoms with Gasteiger partial charge in [0, 0.05) is 12.1 Å². The van der Waals surface area contributed by atoms with Crippen LogP contribution in [0.1, 0.15) is 45.2 Å². The van der Waals surface area contributed by atoms with Crippen LogP contribution in [0, 0.1) is 0 Å². The number of ether oxygens (including phenoxy) is 1. The fraction of sp³-hybridized carbons (Fsp3) is 0.533. The summed E-state index contributed by atoms with van der Waals surface area (Å²) in [5, 5.41) is 2.83. The third-order valence-electron chi connectivity index (χ3n) is 2.80. The second kappa shape index (κ2) is 7.79. The van der Waals surface area contributed by atoms with E-state index >= 15 is 0 Å². The zero-order valence-corrected chi connectivity index (χ0v) is 12.0. The fourth-order valence-electron chi connectivity index (χ4n) is 1.70. The van der Waals surface area contributed by atoms with Gasteiger partial charge in [-0.05, 0) is 38.0 Å². The van der Waals surface area contributed by atoms with Crippen molar-refractivity contribution in [3.8, 4) is 5.75 Å². The van der Waals surface area contributed by atoms with E-state index in [0.717, 1.165) is 17.7 Å². The Kier molecular flexibility index (Phi) is 6.36. The molecule has 1 aromatic carbocycles. The summed E-state index contributed by atoms with van der Waals surface area (Å²) in [6, 6.07) is 7.97. The van der Waals surface area contributed by atoms with Crippen molar-refractivity contribution in [1.29, 1.82) is 0 Å². The van der Waals surface area contributed by atoms with Crippen LogP contribution in [0.3, 0.4) is 0 Å². The second-order valence-corrected chi connectivity index (χ2v) is 4.90. The molecule has 4 nitrogen and oxygen atoms in total. The Hall–Kier alpha value is -1.55. The number of hydrogen-bond acceptors (Lipinski definition) is 3. The lowest BCUT2D eigenvalue weighted by molar-refractivity contribution is -0.122.